The van der Waals surface area contributed by atoms with Crippen molar-refractivity contribution in [2.45, 2.75) is 38.6 Å². The monoisotopic (exact) mass is 377 g/mol. The molecule has 28 heavy (non-hydrogen) atoms. The molecule has 1 heterocycles. The van der Waals surface area contributed by atoms with Crippen molar-refractivity contribution >= 4 is 5.91 Å². The number of nitrogens with one attached hydrogen (secondary N) is 1. The van der Waals surface area contributed by atoms with E-state index >= 15 is 0 Å². The van der Waals surface area contributed by atoms with Gasteiger partial charge < -0.3 is 15.5 Å². The summed E-state index contributed by atoms with van der Waals surface area (Å²) in [5.41, 5.74) is 9.92. The van der Waals surface area contributed by atoms with E-state index in [4.69, 9.17) is 10.2 Å². The van der Waals surface area contributed by atoms with Crippen LogP contribution in [0.25, 0.3) is 11.5 Å². The number of hydrogen-bond acceptors (Lipinski definition) is 4. The van der Waals surface area contributed by atoms with Crippen LogP contribution in [0.4, 0.5) is 0 Å². The highest BCUT2D eigenvalue weighted by molar-refractivity contribution is 5.82. The highest BCUT2D eigenvalue weighted by atomic mass is 16.3. The standard InChI is InChI=1S/C23H27N3O2/c1-23(2,3)18-11-9-16(10-12-18)20(24)21(27)25-14-13-19-15-28-22(26-19)17-7-5-4-6-8-17/h4-12,15,20H,13-14,24H2,1-3H3,(H,25,27). The first-order valence-electron chi connectivity index (χ1n) is 9.48. The van der Waals surface area contributed by atoms with Gasteiger partial charge in [0.2, 0.25) is 11.8 Å². The molecule has 1 amide bonds. The molecule has 5 nitrogen and oxygen atoms in total. The lowest BCUT2D eigenvalue weighted by Gasteiger charge is -2.20. The van der Waals surface area contributed by atoms with Gasteiger partial charge >= 0.3 is 0 Å². The van der Waals surface area contributed by atoms with E-state index in [9.17, 15) is 4.79 Å². The quantitative estimate of drug-likeness (QED) is 0.680. The van der Waals surface area contributed by atoms with Gasteiger partial charge in [-0.1, -0.05) is 63.2 Å². The topological polar surface area (TPSA) is 81.2 Å². The fraction of sp³-hybridized carbons (Fsp3) is 0.304. The molecule has 0 spiro atoms. The van der Waals surface area contributed by atoms with E-state index in [0.717, 1.165) is 16.8 Å². The number of carbonyl (C=O) groups is 1. The van der Waals surface area contributed by atoms with Crippen LogP contribution in [0.15, 0.2) is 65.3 Å². The van der Waals surface area contributed by atoms with Crippen molar-refractivity contribution in [3.05, 3.63) is 77.7 Å². The minimum Gasteiger partial charge on any atom is -0.444 e. The first-order chi connectivity index (χ1) is 13.3. The van der Waals surface area contributed by atoms with Crippen LogP contribution >= 0.6 is 0 Å². The Bertz CT molecular complexity index is 909. The molecule has 3 N–H and O–H groups in total. The smallest absolute Gasteiger partial charge is 0.241 e. The molecule has 3 aromatic rings. The van der Waals surface area contributed by atoms with Crippen LogP contribution in [0.2, 0.25) is 0 Å². The van der Waals surface area contributed by atoms with Gasteiger partial charge in [-0.15, -0.1) is 0 Å². The van der Waals surface area contributed by atoms with Crippen LogP contribution in [0.3, 0.4) is 0 Å². The molecule has 0 fully saturated rings. The van der Waals surface area contributed by atoms with Gasteiger partial charge in [0, 0.05) is 18.5 Å². The summed E-state index contributed by atoms with van der Waals surface area (Å²) in [6.45, 7) is 6.92. The maximum absolute atomic E-state index is 12.4. The number of rotatable bonds is 6. The Morgan fingerprint density at radius 3 is 2.43 bits per heavy atom. The second kappa shape index (κ2) is 8.40. The first kappa shape index (κ1) is 19.8. The molecular weight excluding hydrogens is 350 g/mol. The molecule has 0 bridgehead atoms. The molecule has 1 aromatic heterocycles. The number of nitrogens with two attached hydrogens (primary N) is 1. The fourth-order valence-corrected chi connectivity index (χ4v) is 2.90. The molecule has 0 saturated heterocycles. The number of amides is 1. The van der Waals surface area contributed by atoms with Gasteiger partial charge in [0.25, 0.3) is 0 Å². The van der Waals surface area contributed by atoms with Crippen molar-refractivity contribution in [2.24, 2.45) is 5.73 Å². The fourth-order valence-electron chi connectivity index (χ4n) is 2.90. The summed E-state index contributed by atoms with van der Waals surface area (Å²) in [6, 6.07) is 16.9. The van der Waals surface area contributed by atoms with E-state index in [2.05, 4.69) is 31.1 Å². The van der Waals surface area contributed by atoms with Gasteiger partial charge in [-0.05, 0) is 28.7 Å². The van der Waals surface area contributed by atoms with Crippen LogP contribution in [0, 0.1) is 0 Å². The van der Waals surface area contributed by atoms with Crippen molar-refractivity contribution in [1.82, 2.24) is 10.3 Å². The predicted octanol–water partition coefficient (Wildman–Crippen LogP) is 4.00. The molecule has 0 aliphatic heterocycles. The van der Waals surface area contributed by atoms with Crippen LogP contribution in [-0.4, -0.2) is 17.4 Å². The molecular formula is C23H27N3O2. The molecule has 0 aliphatic carbocycles. The Morgan fingerprint density at radius 1 is 1.11 bits per heavy atom. The third kappa shape index (κ3) is 4.87. The predicted molar refractivity (Wildman–Crippen MR) is 111 cm³/mol. The largest absolute Gasteiger partial charge is 0.444 e. The number of oxazole rings is 1. The average molecular weight is 377 g/mol. The highest BCUT2D eigenvalue weighted by Gasteiger charge is 2.18. The summed E-state index contributed by atoms with van der Waals surface area (Å²) < 4.78 is 5.52. The third-order valence-electron chi connectivity index (χ3n) is 4.67. The van der Waals surface area contributed by atoms with E-state index in [1.807, 2.05) is 54.6 Å². The maximum Gasteiger partial charge on any atom is 0.241 e. The van der Waals surface area contributed by atoms with Gasteiger partial charge in [-0.25, -0.2) is 4.98 Å². The summed E-state index contributed by atoms with van der Waals surface area (Å²) in [4.78, 5) is 16.8. The summed E-state index contributed by atoms with van der Waals surface area (Å²) >= 11 is 0. The Balaban J connectivity index is 1.52. The zero-order chi connectivity index (χ0) is 20.1. The number of benzene rings is 2. The lowest BCUT2D eigenvalue weighted by atomic mass is 9.86. The highest BCUT2D eigenvalue weighted by Crippen LogP contribution is 2.23. The average Bonchev–Trinajstić information content (AvgIpc) is 3.16. The van der Waals surface area contributed by atoms with E-state index < -0.39 is 6.04 Å². The van der Waals surface area contributed by atoms with Crippen LogP contribution in [-0.2, 0) is 16.6 Å². The Morgan fingerprint density at radius 2 is 1.79 bits per heavy atom. The van der Waals surface area contributed by atoms with Gasteiger partial charge in [0.15, 0.2) is 0 Å². The van der Waals surface area contributed by atoms with Gasteiger partial charge in [0.05, 0.1) is 5.69 Å². The minimum atomic E-state index is -0.689. The number of nitrogens with zero attached hydrogens (tertiary/aromatic N) is 1. The molecule has 146 valence electrons. The summed E-state index contributed by atoms with van der Waals surface area (Å²) in [5, 5.41) is 2.88. The maximum atomic E-state index is 12.4. The third-order valence-corrected chi connectivity index (χ3v) is 4.67. The van der Waals surface area contributed by atoms with E-state index in [-0.39, 0.29) is 11.3 Å². The first-order valence-corrected chi connectivity index (χ1v) is 9.48. The minimum absolute atomic E-state index is 0.0705. The molecule has 1 atom stereocenters. The Labute approximate surface area is 166 Å². The molecule has 3 rings (SSSR count). The van der Waals surface area contributed by atoms with Crippen LogP contribution in [0.5, 0.6) is 0 Å². The van der Waals surface area contributed by atoms with Crippen LogP contribution < -0.4 is 11.1 Å². The second-order valence-electron chi connectivity index (χ2n) is 7.90. The Kier molecular flexibility index (Phi) is 5.95. The van der Waals surface area contributed by atoms with Crippen molar-refractivity contribution in [3.63, 3.8) is 0 Å². The number of hydrogen-bond donors (Lipinski definition) is 2. The van der Waals surface area contributed by atoms with E-state index in [0.29, 0.717) is 18.9 Å². The number of aromatic nitrogens is 1. The van der Waals surface area contributed by atoms with Crippen molar-refractivity contribution < 1.29 is 9.21 Å². The summed E-state index contributed by atoms with van der Waals surface area (Å²) in [7, 11) is 0. The molecule has 2 aromatic carbocycles. The lowest BCUT2D eigenvalue weighted by Crippen LogP contribution is -2.35. The van der Waals surface area contributed by atoms with E-state index in [1.54, 1.807) is 6.26 Å². The second-order valence-corrected chi connectivity index (χ2v) is 7.90. The molecule has 1 unspecified atom stereocenters. The summed E-state index contributed by atoms with van der Waals surface area (Å²) in [6.07, 6.45) is 2.21. The Hall–Kier alpha value is -2.92. The lowest BCUT2D eigenvalue weighted by molar-refractivity contribution is -0.122. The summed E-state index contributed by atoms with van der Waals surface area (Å²) in [5.74, 6) is 0.382. The van der Waals surface area contributed by atoms with Gasteiger partial charge in [-0.2, -0.15) is 0 Å². The molecule has 5 heteroatoms. The van der Waals surface area contributed by atoms with Crippen molar-refractivity contribution in [3.8, 4) is 11.5 Å². The molecule has 0 saturated carbocycles. The van der Waals surface area contributed by atoms with Crippen molar-refractivity contribution in [1.29, 1.82) is 0 Å². The normalized spacial score (nSPS) is 12.6. The zero-order valence-corrected chi connectivity index (χ0v) is 16.6. The molecule has 0 aliphatic rings. The number of carbonyl (C=O) groups excluding carboxylic acids is 1. The van der Waals surface area contributed by atoms with Crippen LogP contribution in [0.1, 0.15) is 43.6 Å². The zero-order valence-electron chi connectivity index (χ0n) is 16.6. The van der Waals surface area contributed by atoms with Crippen molar-refractivity contribution in [2.75, 3.05) is 6.54 Å². The SMILES string of the molecule is CC(C)(C)c1ccc(C(N)C(=O)NCCc2coc(-c3ccccc3)n2)cc1. The molecule has 0 radical (unpaired) electrons. The van der Waals surface area contributed by atoms with E-state index in [1.165, 1.54) is 5.56 Å². The van der Waals surface area contributed by atoms with Gasteiger partial charge in [-0.3, -0.25) is 4.79 Å². The van der Waals surface area contributed by atoms with Gasteiger partial charge in [0.1, 0.15) is 12.3 Å².